The molecule has 4 rings (SSSR count). The van der Waals surface area contributed by atoms with E-state index in [2.05, 4.69) is 14.9 Å². The van der Waals surface area contributed by atoms with Gasteiger partial charge in [0.25, 0.3) is 0 Å². The van der Waals surface area contributed by atoms with Crippen molar-refractivity contribution in [3.05, 3.63) is 60.5 Å². The molecule has 0 radical (unpaired) electrons. The Labute approximate surface area is 188 Å². The molecule has 1 aromatic heterocycles. The van der Waals surface area contributed by atoms with E-state index in [4.69, 9.17) is 4.42 Å². The molecule has 0 bridgehead atoms. The van der Waals surface area contributed by atoms with Gasteiger partial charge in [-0.1, -0.05) is 18.2 Å². The highest BCUT2D eigenvalue weighted by molar-refractivity contribution is 7.89. The molecule has 1 aliphatic rings. The van der Waals surface area contributed by atoms with Gasteiger partial charge in [0.2, 0.25) is 21.8 Å². The standard InChI is InChI=1S/C21H21F3N4O4S/c1-15(19-25-26-20(31-19)16-5-3-2-4-6-16)27-11-13-28(14-12-27)33(29,30)18-9-7-17(8-10-18)32-21(22,23)24/h2-10,15H,11-14H2,1H3. The summed E-state index contributed by atoms with van der Waals surface area (Å²) in [5.74, 6) is 0.372. The lowest BCUT2D eigenvalue weighted by atomic mass is 10.2. The lowest BCUT2D eigenvalue weighted by molar-refractivity contribution is -0.274. The van der Waals surface area contributed by atoms with E-state index in [1.54, 1.807) is 0 Å². The molecule has 1 saturated heterocycles. The molecule has 33 heavy (non-hydrogen) atoms. The first kappa shape index (κ1) is 23.2. The predicted octanol–water partition coefficient (Wildman–Crippen LogP) is 3.70. The first-order chi connectivity index (χ1) is 15.6. The van der Waals surface area contributed by atoms with Crippen LogP contribution in [0.4, 0.5) is 13.2 Å². The van der Waals surface area contributed by atoms with E-state index in [9.17, 15) is 21.6 Å². The molecule has 1 fully saturated rings. The molecule has 1 unspecified atom stereocenters. The summed E-state index contributed by atoms with van der Waals surface area (Å²) in [4.78, 5) is 1.94. The van der Waals surface area contributed by atoms with Crippen LogP contribution in [0.25, 0.3) is 11.5 Å². The molecule has 12 heteroatoms. The van der Waals surface area contributed by atoms with Gasteiger partial charge in [-0.25, -0.2) is 8.42 Å². The van der Waals surface area contributed by atoms with Crippen LogP contribution in [-0.2, 0) is 10.0 Å². The number of sulfonamides is 1. The van der Waals surface area contributed by atoms with Crippen molar-refractivity contribution in [1.82, 2.24) is 19.4 Å². The van der Waals surface area contributed by atoms with Gasteiger partial charge in [-0.3, -0.25) is 4.90 Å². The van der Waals surface area contributed by atoms with Crippen LogP contribution in [0, 0.1) is 0 Å². The first-order valence-electron chi connectivity index (χ1n) is 10.1. The highest BCUT2D eigenvalue weighted by Crippen LogP contribution is 2.28. The van der Waals surface area contributed by atoms with Crippen LogP contribution in [-0.4, -0.2) is 60.4 Å². The zero-order valence-electron chi connectivity index (χ0n) is 17.6. The lowest BCUT2D eigenvalue weighted by Gasteiger charge is -2.36. The number of nitrogens with zero attached hydrogens (tertiary/aromatic N) is 4. The van der Waals surface area contributed by atoms with E-state index in [0.29, 0.717) is 24.9 Å². The molecule has 2 aromatic carbocycles. The van der Waals surface area contributed by atoms with Crippen molar-refractivity contribution in [3.8, 4) is 17.2 Å². The van der Waals surface area contributed by atoms with E-state index in [-0.39, 0.29) is 24.0 Å². The molecule has 3 aromatic rings. The molecule has 0 saturated carbocycles. The fourth-order valence-corrected chi connectivity index (χ4v) is 4.97. The normalized spacial score (nSPS) is 17.1. The Bertz CT molecular complexity index is 1180. The zero-order chi connectivity index (χ0) is 23.6. The molecular weight excluding hydrogens is 461 g/mol. The van der Waals surface area contributed by atoms with Crippen LogP contribution in [0.5, 0.6) is 5.75 Å². The molecule has 8 nitrogen and oxygen atoms in total. The molecule has 1 atom stereocenters. The third-order valence-corrected chi connectivity index (χ3v) is 7.25. The van der Waals surface area contributed by atoms with E-state index in [0.717, 1.165) is 29.8 Å². The van der Waals surface area contributed by atoms with Gasteiger partial charge in [-0.05, 0) is 43.3 Å². The summed E-state index contributed by atoms with van der Waals surface area (Å²) in [6.45, 7) is 3.20. The molecule has 2 heterocycles. The van der Waals surface area contributed by atoms with E-state index >= 15 is 0 Å². The number of ether oxygens (including phenoxy) is 1. The van der Waals surface area contributed by atoms with E-state index in [1.165, 1.54) is 4.31 Å². The largest absolute Gasteiger partial charge is 0.573 e. The minimum Gasteiger partial charge on any atom is -0.419 e. The zero-order valence-corrected chi connectivity index (χ0v) is 18.4. The van der Waals surface area contributed by atoms with Crippen molar-refractivity contribution in [2.24, 2.45) is 0 Å². The molecule has 0 spiro atoms. The summed E-state index contributed by atoms with van der Waals surface area (Å²) in [6, 6.07) is 13.3. The number of piperazine rings is 1. The van der Waals surface area contributed by atoms with Crippen LogP contribution in [0.2, 0.25) is 0 Å². The number of aromatic nitrogens is 2. The van der Waals surface area contributed by atoms with Gasteiger partial charge in [-0.15, -0.1) is 23.4 Å². The Morgan fingerprint density at radius 3 is 2.21 bits per heavy atom. The third kappa shape index (κ3) is 5.34. The van der Waals surface area contributed by atoms with Gasteiger partial charge in [0.05, 0.1) is 10.9 Å². The summed E-state index contributed by atoms with van der Waals surface area (Å²) in [5.41, 5.74) is 0.811. The maximum atomic E-state index is 12.9. The van der Waals surface area contributed by atoms with Gasteiger partial charge in [0.15, 0.2) is 0 Å². The summed E-state index contributed by atoms with van der Waals surface area (Å²) < 4.78 is 73.6. The molecular formula is C21H21F3N4O4S. The van der Waals surface area contributed by atoms with Crippen LogP contribution in [0.1, 0.15) is 18.9 Å². The van der Waals surface area contributed by atoms with E-state index in [1.807, 2.05) is 42.2 Å². The summed E-state index contributed by atoms with van der Waals surface area (Å²) in [6.07, 6.45) is -4.84. The van der Waals surface area contributed by atoms with Crippen LogP contribution >= 0.6 is 0 Å². The average molecular weight is 482 g/mol. The van der Waals surface area contributed by atoms with Crippen LogP contribution in [0.15, 0.2) is 63.9 Å². The van der Waals surface area contributed by atoms with Crippen molar-refractivity contribution in [3.63, 3.8) is 0 Å². The number of rotatable bonds is 6. The highest BCUT2D eigenvalue weighted by atomic mass is 32.2. The van der Waals surface area contributed by atoms with Gasteiger partial charge in [0, 0.05) is 31.7 Å². The third-order valence-electron chi connectivity index (χ3n) is 5.33. The second kappa shape index (κ2) is 9.12. The fourth-order valence-electron chi connectivity index (χ4n) is 3.55. The molecule has 0 aliphatic carbocycles. The Morgan fingerprint density at radius 2 is 1.61 bits per heavy atom. The van der Waals surface area contributed by atoms with Crippen molar-refractivity contribution < 1.29 is 30.7 Å². The SMILES string of the molecule is CC(c1nnc(-c2ccccc2)o1)N1CCN(S(=O)(=O)c2ccc(OC(F)(F)F)cc2)CC1. The molecule has 1 aliphatic heterocycles. The van der Waals surface area contributed by atoms with Gasteiger partial charge in [-0.2, -0.15) is 4.31 Å². The number of benzene rings is 2. The second-order valence-corrected chi connectivity index (χ2v) is 9.38. The van der Waals surface area contributed by atoms with Crippen molar-refractivity contribution in [2.45, 2.75) is 24.2 Å². The molecule has 0 N–H and O–H groups in total. The summed E-state index contributed by atoms with van der Waals surface area (Å²) in [7, 11) is -3.85. The van der Waals surface area contributed by atoms with Gasteiger partial charge < -0.3 is 9.15 Å². The monoisotopic (exact) mass is 482 g/mol. The quantitative estimate of drug-likeness (QED) is 0.529. The average Bonchev–Trinajstić information content (AvgIpc) is 3.29. The Morgan fingerprint density at radius 1 is 0.970 bits per heavy atom. The second-order valence-electron chi connectivity index (χ2n) is 7.45. The first-order valence-corrected chi connectivity index (χ1v) is 11.6. The Balaban J connectivity index is 1.38. The van der Waals surface area contributed by atoms with Crippen molar-refractivity contribution in [1.29, 1.82) is 0 Å². The van der Waals surface area contributed by atoms with Gasteiger partial charge >= 0.3 is 6.36 Å². The van der Waals surface area contributed by atoms with Crippen molar-refractivity contribution >= 4 is 10.0 Å². The number of hydrogen-bond donors (Lipinski definition) is 0. The number of halogens is 3. The Hall–Kier alpha value is -2.96. The minimum absolute atomic E-state index is 0.0945. The fraction of sp³-hybridized carbons (Fsp3) is 0.333. The lowest BCUT2D eigenvalue weighted by Crippen LogP contribution is -2.49. The predicted molar refractivity (Wildman–Crippen MR) is 112 cm³/mol. The minimum atomic E-state index is -4.84. The molecule has 176 valence electrons. The topological polar surface area (TPSA) is 88.8 Å². The number of alkyl halides is 3. The maximum absolute atomic E-state index is 12.9. The van der Waals surface area contributed by atoms with Gasteiger partial charge in [0.1, 0.15) is 5.75 Å². The molecule has 0 amide bonds. The Kier molecular flexibility index (Phi) is 6.41. The number of hydrogen-bond acceptors (Lipinski definition) is 7. The highest BCUT2D eigenvalue weighted by Gasteiger charge is 2.33. The van der Waals surface area contributed by atoms with Crippen LogP contribution < -0.4 is 4.74 Å². The van der Waals surface area contributed by atoms with Crippen LogP contribution in [0.3, 0.4) is 0 Å². The maximum Gasteiger partial charge on any atom is 0.573 e. The van der Waals surface area contributed by atoms with E-state index < -0.39 is 22.1 Å². The summed E-state index contributed by atoms with van der Waals surface area (Å²) in [5, 5.41) is 8.23. The van der Waals surface area contributed by atoms with Crippen molar-refractivity contribution in [2.75, 3.05) is 26.2 Å². The summed E-state index contributed by atoms with van der Waals surface area (Å²) >= 11 is 0. The smallest absolute Gasteiger partial charge is 0.419 e.